The predicted molar refractivity (Wildman–Crippen MR) is 100 cm³/mol. The van der Waals surface area contributed by atoms with Gasteiger partial charge in [0.15, 0.2) is 4.96 Å². The number of hydrogen-bond donors (Lipinski definition) is 1. The Morgan fingerprint density at radius 2 is 1.85 bits per heavy atom. The SMILES string of the molecule is O=C(c1cnc2sccn2c1=O)N1CCC(C(=O)O)(c2ccccc2)CC1. The van der Waals surface area contributed by atoms with Gasteiger partial charge in [-0.15, -0.1) is 11.3 Å². The normalized spacial score (nSPS) is 16.4. The first kappa shape index (κ1) is 17.4. The molecule has 1 N–H and O–H groups in total. The smallest absolute Gasteiger partial charge is 0.314 e. The number of amides is 1. The summed E-state index contributed by atoms with van der Waals surface area (Å²) >= 11 is 1.32. The van der Waals surface area contributed by atoms with E-state index in [1.54, 1.807) is 16.5 Å². The van der Waals surface area contributed by atoms with Crippen LogP contribution in [0, 0.1) is 0 Å². The summed E-state index contributed by atoms with van der Waals surface area (Å²) in [5.74, 6) is -1.29. The molecule has 2 aromatic heterocycles. The Balaban J connectivity index is 1.59. The van der Waals surface area contributed by atoms with E-state index >= 15 is 0 Å². The molecule has 138 valence electrons. The van der Waals surface area contributed by atoms with E-state index in [0.717, 1.165) is 5.56 Å². The van der Waals surface area contributed by atoms with Gasteiger partial charge in [0.05, 0.1) is 5.41 Å². The summed E-state index contributed by atoms with van der Waals surface area (Å²) in [6.45, 7) is 0.539. The van der Waals surface area contributed by atoms with Crippen molar-refractivity contribution in [1.82, 2.24) is 14.3 Å². The third-order valence-electron chi connectivity index (χ3n) is 5.21. The van der Waals surface area contributed by atoms with Crippen LogP contribution in [0.15, 0.2) is 52.9 Å². The van der Waals surface area contributed by atoms with Crippen LogP contribution in [0.4, 0.5) is 0 Å². The van der Waals surface area contributed by atoms with E-state index in [9.17, 15) is 19.5 Å². The van der Waals surface area contributed by atoms with Crippen molar-refractivity contribution >= 4 is 28.2 Å². The van der Waals surface area contributed by atoms with Gasteiger partial charge in [0.2, 0.25) is 0 Å². The third kappa shape index (κ3) is 2.82. The first-order valence-corrected chi connectivity index (χ1v) is 9.44. The molecule has 0 saturated carbocycles. The van der Waals surface area contributed by atoms with Gasteiger partial charge in [-0.2, -0.15) is 0 Å². The van der Waals surface area contributed by atoms with E-state index in [0.29, 0.717) is 17.8 Å². The van der Waals surface area contributed by atoms with E-state index in [1.807, 2.05) is 30.3 Å². The number of thiazole rings is 1. The first-order valence-electron chi connectivity index (χ1n) is 8.56. The molecule has 0 atom stereocenters. The van der Waals surface area contributed by atoms with Crippen molar-refractivity contribution in [2.45, 2.75) is 18.3 Å². The number of carbonyl (C=O) groups is 2. The van der Waals surface area contributed by atoms with Gasteiger partial charge in [0.1, 0.15) is 5.56 Å². The minimum atomic E-state index is -1.01. The van der Waals surface area contributed by atoms with Crippen LogP contribution in [0.3, 0.4) is 0 Å². The molecule has 8 heteroatoms. The van der Waals surface area contributed by atoms with Crippen LogP contribution in [0.25, 0.3) is 4.96 Å². The second kappa shape index (κ2) is 6.62. The van der Waals surface area contributed by atoms with E-state index in [-0.39, 0.29) is 18.7 Å². The van der Waals surface area contributed by atoms with Gasteiger partial charge in [-0.1, -0.05) is 30.3 Å². The van der Waals surface area contributed by atoms with E-state index in [1.165, 1.54) is 21.9 Å². The van der Waals surface area contributed by atoms with Gasteiger partial charge < -0.3 is 10.0 Å². The monoisotopic (exact) mass is 383 g/mol. The maximum atomic E-state index is 12.8. The molecule has 1 aliphatic rings. The summed E-state index contributed by atoms with van der Waals surface area (Å²) < 4.78 is 1.35. The fourth-order valence-electron chi connectivity index (χ4n) is 3.62. The lowest BCUT2D eigenvalue weighted by atomic mass is 9.73. The van der Waals surface area contributed by atoms with Gasteiger partial charge in [-0.3, -0.25) is 18.8 Å². The summed E-state index contributed by atoms with van der Waals surface area (Å²) in [5, 5.41) is 11.6. The number of rotatable bonds is 3. The molecule has 0 aliphatic carbocycles. The second-order valence-electron chi connectivity index (χ2n) is 6.58. The van der Waals surface area contributed by atoms with Crippen molar-refractivity contribution in [3.63, 3.8) is 0 Å². The van der Waals surface area contributed by atoms with Gasteiger partial charge in [-0.05, 0) is 18.4 Å². The molecule has 1 fully saturated rings. The topological polar surface area (TPSA) is 92.0 Å². The van der Waals surface area contributed by atoms with Gasteiger partial charge in [-0.25, -0.2) is 4.98 Å². The molecule has 27 heavy (non-hydrogen) atoms. The van der Waals surface area contributed by atoms with Gasteiger partial charge in [0.25, 0.3) is 11.5 Å². The lowest BCUT2D eigenvalue weighted by Crippen LogP contribution is -2.49. The Hall–Kier alpha value is -3.00. The zero-order valence-corrected chi connectivity index (χ0v) is 15.2. The Bertz CT molecular complexity index is 1070. The zero-order valence-electron chi connectivity index (χ0n) is 14.4. The van der Waals surface area contributed by atoms with Crippen LogP contribution in [-0.2, 0) is 10.2 Å². The Morgan fingerprint density at radius 1 is 1.15 bits per heavy atom. The van der Waals surface area contributed by atoms with Crippen molar-refractivity contribution in [3.05, 3.63) is 69.6 Å². The molecule has 1 amide bonds. The Morgan fingerprint density at radius 3 is 2.52 bits per heavy atom. The van der Waals surface area contributed by atoms with Gasteiger partial charge >= 0.3 is 5.97 Å². The van der Waals surface area contributed by atoms with Crippen molar-refractivity contribution in [1.29, 1.82) is 0 Å². The lowest BCUT2D eigenvalue weighted by molar-refractivity contribution is -0.145. The number of carbonyl (C=O) groups excluding carboxylic acids is 1. The fourth-order valence-corrected chi connectivity index (χ4v) is 4.29. The number of benzene rings is 1. The highest BCUT2D eigenvalue weighted by atomic mass is 32.1. The molecule has 3 aromatic rings. The number of likely N-dealkylation sites (tertiary alicyclic amines) is 1. The van der Waals surface area contributed by atoms with E-state index < -0.39 is 22.9 Å². The standard InChI is InChI=1S/C19H17N3O4S/c23-15(14-12-20-18-22(16(14)24)10-11-27-18)21-8-6-19(7-9-21,17(25)26)13-4-2-1-3-5-13/h1-5,10-12H,6-9H2,(H,25,26). The van der Waals surface area contributed by atoms with Crippen LogP contribution in [0.5, 0.6) is 0 Å². The highest BCUT2D eigenvalue weighted by Crippen LogP contribution is 2.36. The van der Waals surface area contributed by atoms with E-state index in [2.05, 4.69) is 4.98 Å². The number of aliphatic carboxylic acids is 1. The predicted octanol–water partition coefficient (Wildman–Crippen LogP) is 2.01. The van der Waals surface area contributed by atoms with Crippen LogP contribution in [0.2, 0.25) is 0 Å². The maximum absolute atomic E-state index is 12.8. The summed E-state index contributed by atoms with van der Waals surface area (Å²) in [4.78, 5) is 43.6. The summed E-state index contributed by atoms with van der Waals surface area (Å²) in [5.41, 5.74) is -0.660. The number of carboxylic acids is 1. The molecule has 1 saturated heterocycles. The van der Waals surface area contributed by atoms with Crippen molar-refractivity contribution < 1.29 is 14.7 Å². The number of carboxylic acid groups (broad SMARTS) is 1. The average molecular weight is 383 g/mol. The van der Waals surface area contributed by atoms with Crippen molar-refractivity contribution in [2.75, 3.05) is 13.1 Å². The zero-order chi connectivity index (χ0) is 19.0. The Kier molecular flexibility index (Phi) is 4.27. The minimum absolute atomic E-state index is 0.00781. The first-order chi connectivity index (χ1) is 13.0. The fraction of sp³-hybridized carbons (Fsp3) is 0.263. The second-order valence-corrected chi connectivity index (χ2v) is 7.45. The molecule has 1 aliphatic heterocycles. The molecular weight excluding hydrogens is 366 g/mol. The number of hydrogen-bond acceptors (Lipinski definition) is 5. The van der Waals surface area contributed by atoms with Crippen LogP contribution in [0.1, 0.15) is 28.8 Å². The molecule has 0 bridgehead atoms. The molecule has 0 spiro atoms. The highest BCUT2D eigenvalue weighted by molar-refractivity contribution is 7.15. The summed E-state index contributed by atoms with van der Waals surface area (Å²) in [6, 6.07) is 9.11. The summed E-state index contributed by atoms with van der Waals surface area (Å²) in [6.07, 6.45) is 3.50. The lowest BCUT2D eigenvalue weighted by Gasteiger charge is -2.39. The van der Waals surface area contributed by atoms with Crippen LogP contribution < -0.4 is 5.56 Å². The van der Waals surface area contributed by atoms with Crippen molar-refractivity contribution in [2.24, 2.45) is 0 Å². The average Bonchev–Trinajstić information content (AvgIpc) is 3.18. The quantitative estimate of drug-likeness (QED) is 0.747. The molecule has 3 heterocycles. The van der Waals surface area contributed by atoms with E-state index in [4.69, 9.17) is 0 Å². The molecule has 4 rings (SSSR count). The molecule has 0 radical (unpaired) electrons. The number of fused-ring (bicyclic) bond motifs is 1. The molecule has 0 unspecified atom stereocenters. The third-order valence-corrected chi connectivity index (χ3v) is 5.98. The summed E-state index contributed by atoms with van der Waals surface area (Å²) in [7, 11) is 0. The molecular formula is C19H17N3O4S. The van der Waals surface area contributed by atoms with Crippen molar-refractivity contribution in [3.8, 4) is 0 Å². The number of nitrogens with zero attached hydrogens (tertiary/aromatic N) is 3. The van der Waals surface area contributed by atoms with Crippen LogP contribution in [-0.4, -0.2) is 44.4 Å². The van der Waals surface area contributed by atoms with Crippen LogP contribution >= 0.6 is 11.3 Å². The number of aromatic nitrogens is 2. The molecule has 1 aromatic carbocycles. The highest BCUT2D eigenvalue weighted by Gasteiger charge is 2.44. The maximum Gasteiger partial charge on any atom is 0.314 e. The molecule has 7 nitrogen and oxygen atoms in total. The minimum Gasteiger partial charge on any atom is -0.481 e. The number of piperidine rings is 1. The largest absolute Gasteiger partial charge is 0.481 e. The Labute approximate surface area is 158 Å². The van der Waals surface area contributed by atoms with Gasteiger partial charge in [0, 0.05) is 30.9 Å².